The van der Waals surface area contributed by atoms with Crippen molar-refractivity contribution in [1.29, 1.82) is 0 Å². The van der Waals surface area contributed by atoms with Gasteiger partial charge in [0, 0.05) is 17.3 Å². The van der Waals surface area contributed by atoms with Crippen LogP contribution in [0.1, 0.15) is 24.0 Å². The van der Waals surface area contributed by atoms with Crippen LogP contribution in [0.3, 0.4) is 0 Å². The molecule has 0 aliphatic carbocycles. The van der Waals surface area contributed by atoms with E-state index in [2.05, 4.69) is 36.2 Å². The molecule has 0 fully saturated rings. The number of hydrogen-bond donors (Lipinski definition) is 2. The van der Waals surface area contributed by atoms with Gasteiger partial charge in [0.15, 0.2) is 0 Å². The minimum atomic E-state index is 0.386. The Kier molecular flexibility index (Phi) is 3.48. The molecule has 3 heteroatoms. The van der Waals surface area contributed by atoms with Crippen molar-refractivity contribution in [2.75, 3.05) is 11.5 Å². The number of fused-ring (bicyclic) bond motifs is 1. The van der Waals surface area contributed by atoms with Gasteiger partial charge in [0.25, 0.3) is 0 Å². The molecule has 21 heavy (non-hydrogen) atoms. The van der Waals surface area contributed by atoms with Crippen molar-refractivity contribution < 1.29 is 0 Å². The summed E-state index contributed by atoms with van der Waals surface area (Å²) in [5.41, 5.74) is 15.2. The van der Waals surface area contributed by atoms with E-state index in [0.717, 1.165) is 17.5 Å². The zero-order chi connectivity index (χ0) is 14.8. The molecule has 0 bridgehead atoms. The van der Waals surface area contributed by atoms with Gasteiger partial charge in [-0.05, 0) is 47.1 Å². The molecule has 1 unspecified atom stereocenters. The average Bonchev–Trinajstić information content (AvgIpc) is 2.48. The first kappa shape index (κ1) is 13.4. The maximum absolute atomic E-state index is 6.07. The number of pyridine rings is 1. The van der Waals surface area contributed by atoms with E-state index in [1.807, 2.05) is 24.3 Å². The van der Waals surface area contributed by atoms with Crippen LogP contribution in [-0.4, -0.2) is 4.98 Å². The van der Waals surface area contributed by atoms with Crippen LogP contribution in [0.15, 0.2) is 54.7 Å². The van der Waals surface area contributed by atoms with Gasteiger partial charge < -0.3 is 11.5 Å². The van der Waals surface area contributed by atoms with Gasteiger partial charge in [-0.3, -0.25) is 0 Å². The summed E-state index contributed by atoms with van der Waals surface area (Å²) in [7, 11) is 0. The van der Waals surface area contributed by atoms with Gasteiger partial charge in [-0.2, -0.15) is 0 Å². The van der Waals surface area contributed by atoms with Crippen molar-refractivity contribution in [2.24, 2.45) is 0 Å². The van der Waals surface area contributed by atoms with Gasteiger partial charge >= 0.3 is 0 Å². The number of nitrogen functional groups attached to an aromatic ring is 2. The van der Waals surface area contributed by atoms with Crippen LogP contribution in [0.25, 0.3) is 10.8 Å². The molecule has 0 saturated heterocycles. The molecule has 106 valence electrons. The van der Waals surface area contributed by atoms with E-state index >= 15 is 0 Å². The first-order chi connectivity index (χ1) is 10.1. The third-order valence-electron chi connectivity index (χ3n) is 3.91. The number of anilines is 2. The van der Waals surface area contributed by atoms with Crippen LogP contribution >= 0.6 is 0 Å². The fourth-order valence-corrected chi connectivity index (χ4v) is 2.86. The summed E-state index contributed by atoms with van der Waals surface area (Å²) in [5, 5.41) is 2.35. The summed E-state index contributed by atoms with van der Waals surface area (Å²) < 4.78 is 0. The molecule has 0 saturated carbocycles. The summed E-state index contributed by atoms with van der Waals surface area (Å²) in [5.74, 6) is 0.958. The number of rotatable bonds is 3. The zero-order valence-electron chi connectivity index (χ0n) is 12.1. The lowest BCUT2D eigenvalue weighted by molar-refractivity contribution is 0.765. The Morgan fingerprint density at radius 1 is 1.00 bits per heavy atom. The quantitative estimate of drug-likeness (QED) is 0.717. The summed E-state index contributed by atoms with van der Waals surface area (Å²) in [6, 6.07) is 16.4. The number of aromatic nitrogens is 1. The SMILES string of the molecule is CC(Cc1ccnc(N)c1)c1ccc(N)c2ccccc12. The van der Waals surface area contributed by atoms with Crippen LogP contribution < -0.4 is 11.5 Å². The molecule has 0 amide bonds. The standard InChI is InChI=1S/C18H19N3/c1-12(10-13-8-9-21-18(20)11-13)14-6-7-17(19)16-5-3-2-4-15(14)16/h2-9,11-12H,10,19H2,1H3,(H2,20,21). The van der Waals surface area contributed by atoms with Crippen molar-refractivity contribution in [3.8, 4) is 0 Å². The predicted molar refractivity (Wildman–Crippen MR) is 89.1 cm³/mol. The summed E-state index contributed by atoms with van der Waals surface area (Å²) in [6.07, 6.45) is 2.69. The van der Waals surface area contributed by atoms with Gasteiger partial charge in [-0.1, -0.05) is 37.3 Å². The Morgan fingerprint density at radius 3 is 2.52 bits per heavy atom. The van der Waals surface area contributed by atoms with E-state index in [9.17, 15) is 0 Å². The molecule has 3 aromatic rings. The Hall–Kier alpha value is -2.55. The molecule has 1 atom stereocenters. The second-order valence-corrected chi connectivity index (χ2v) is 5.48. The fourth-order valence-electron chi connectivity index (χ4n) is 2.86. The minimum absolute atomic E-state index is 0.386. The van der Waals surface area contributed by atoms with Crippen molar-refractivity contribution in [3.05, 3.63) is 65.9 Å². The van der Waals surface area contributed by atoms with E-state index < -0.39 is 0 Å². The normalized spacial score (nSPS) is 12.4. The lowest BCUT2D eigenvalue weighted by Crippen LogP contribution is -2.02. The first-order valence-electron chi connectivity index (χ1n) is 7.12. The Labute approximate surface area is 124 Å². The third kappa shape index (κ3) is 2.68. The van der Waals surface area contributed by atoms with Crippen molar-refractivity contribution in [1.82, 2.24) is 4.98 Å². The molecule has 1 aromatic heterocycles. The Morgan fingerprint density at radius 2 is 1.76 bits per heavy atom. The van der Waals surface area contributed by atoms with Crippen LogP contribution in [0.2, 0.25) is 0 Å². The minimum Gasteiger partial charge on any atom is -0.398 e. The molecule has 4 N–H and O–H groups in total. The Balaban J connectivity index is 1.98. The second-order valence-electron chi connectivity index (χ2n) is 5.48. The van der Waals surface area contributed by atoms with Gasteiger partial charge in [-0.15, -0.1) is 0 Å². The van der Waals surface area contributed by atoms with Crippen LogP contribution in [0.4, 0.5) is 11.5 Å². The van der Waals surface area contributed by atoms with E-state index in [-0.39, 0.29) is 0 Å². The molecule has 0 radical (unpaired) electrons. The van der Waals surface area contributed by atoms with Gasteiger partial charge in [0.1, 0.15) is 5.82 Å². The number of benzene rings is 2. The van der Waals surface area contributed by atoms with Crippen molar-refractivity contribution >= 4 is 22.3 Å². The third-order valence-corrected chi connectivity index (χ3v) is 3.91. The topological polar surface area (TPSA) is 64.9 Å². The molecule has 3 rings (SSSR count). The number of hydrogen-bond acceptors (Lipinski definition) is 3. The average molecular weight is 277 g/mol. The zero-order valence-corrected chi connectivity index (χ0v) is 12.1. The summed E-state index contributed by atoms with van der Waals surface area (Å²) >= 11 is 0. The van der Waals surface area contributed by atoms with Crippen molar-refractivity contribution in [2.45, 2.75) is 19.3 Å². The Bertz CT molecular complexity index is 780. The highest BCUT2D eigenvalue weighted by Gasteiger charge is 2.11. The molecule has 1 heterocycles. The van der Waals surface area contributed by atoms with Crippen LogP contribution in [-0.2, 0) is 6.42 Å². The first-order valence-corrected chi connectivity index (χ1v) is 7.12. The van der Waals surface area contributed by atoms with E-state index in [4.69, 9.17) is 11.5 Å². The van der Waals surface area contributed by atoms with Gasteiger partial charge in [-0.25, -0.2) is 4.98 Å². The summed E-state index contributed by atoms with van der Waals surface area (Å²) in [4.78, 5) is 4.04. The number of nitrogens with two attached hydrogens (primary N) is 2. The second kappa shape index (κ2) is 5.44. The van der Waals surface area contributed by atoms with Crippen molar-refractivity contribution in [3.63, 3.8) is 0 Å². The molecule has 0 spiro atoms. The molecule has 0 aliphatic rings. The van der Waals surface area contributed by atoms with Crippen LogP contribution in [0.5, 0.6) is 0 Å². The largest absolute Gasteiger partial charge is 0.398 e. The van der Waals surface area contributed by atoms with Gasteiger partial charge in [0.2, 0.25) is 0 Å². The molecular formula is C18H19N3. The molecular weight excluding hydrogens is 258 g/mol. The highest BCUT2D eigenvalue weighted by atomic mass is 14.8. The van der Waals surface area contributed by atoms with E-state index in [1.165, 1.54) is 16.5 Å². The monoisotopic (exact) mass is 277 g/mol. The lowest BCUT2D eigenvalue weighted by atomic mass is 9.89. The van der Waals surface area contributed by atoms with E-state index in [1.54, 1.807) is 6.20 Å². The smallest absolute Gasteiger partial charge is 0.123 e. The maximum Gasteiger partial charge on any atom is 0.123 e. The molecule has 0 aliphatic heterocycles. The predicted octanol–water partition coefficient (Wildman–Crippen LogP) is 3.75. The van der Waals surface area contributed by atoms with E-state index in [0.29, 0.717) is 11.7 Å². The maximum atomic E-state index is 6.07. The lowest BCUT2D eigenvalue weighted by Gasteiger charge is -2.16. The highest BCUT2D eigenvalue weighted by Crippen LogP contribution is 2.31. The number of nitrogens with zero attached hydrogens (tertiary/aromatic N) is 1. The molecule has 3 nitrogen and oxygen atoms in total. The molecule has 2 aromatic carbocycles. The summed E-state index contributed by atoms with van der Waals surface area (Å²) in [6.45, 7) is 2.23. The van der Waals surface area contributed by atoms with Crippen LogP contribution in [0, 0.1) is 0 Å². The van der Waals surface area contributed by atoms with Gasteiger partial charge in [0.05, 0.1) is 0 Å². The highest BCUT2D eigenvalue weighted by molar-refractivity contribution is 5.95. The fraction of sp³-hybridized carbons (Fsp3) is 0.167.